The molecule has 1 aromatic carbocycles. The number of aliphatic hydroxyl groups is 1. The summed E-state index contributed by atoms with van der Waals surface area (Å²) in [6, 6.07) is 5.26. The second-order valence-electron chi connectivity index (χ2n) is 5.69. The first-order valence-corrected chi connectivity index (χ1v) is 7.64. The average molecular weight is 306 g/mol. The van der Waals surface area contributed by atoms with Crippen LogP contribution in [0.15, 0.2) is 18.2 Å². The van der Waals surface area contributed by atoms with Crippen molar-refractivity contribution >= 4 is 23.2 Å². The quantitative estimate of drug-likeness (QED) is 0.838. The molecule has 0 heterocycles. The van der Waals surface area contributed by atoms with Crippen molar-refractivity contribution < 1.29 is 9.90 Å². The fourth-order valence-electron chi connectivity index (χ4n) is 2.60. The third-order valence-corrected chi connectivity index (χ3v) is 4.18. The zero-order valence-electron chi connectivity index (χ0n) is 12.2. The number of hydrogen-bond donors (Lipinski definition) is 2. The second kappa shape index (κ2) is 6.98. The summed E-state index contributed by atoms with van der Waals surface area (Å²) in [5.41, 5.74) is 1.08. The summed E-state index contributed by atoms with van der Waals surface area (Å²) < 4.78 is 0. The highest BCUT2D eigenvalue weighted by molar-refractivity contribution is 6.31. The minimum Gasteiger partial charge on any atom is -0.395 e. The number of benzene rings is 1. The van der Waals surface area contributed by atoms with Crippen LogP contribution in [-0.4, -0.2) is 17.6 Å². The van der Waals surface area contributed by atoms with E-state index >= 15 is 0 Å². The lowest BCUT2D eigenvalue weighted by Gasteiger charge is -2.22. The van der Waals surface area contributed by atoms with Crippen LogP contribution in [0.5, 0.6) is 0 Å². The van der Waals surface area contributed by atoms with E-state index in [9.17, 15) is 4.79 Å². The molecule has 0 bridgehead atoms. The minimum absolute atomic E-state index is 0.0281. The van der Waals surface area contributed by atoms with Crippen LogP contribution >= 0.6 is 11.6 Å². The predicted molar refractivity (Wildman–Crippen MR) is 85.2 cm³/mol. The van der Waals surface area contributed by atoms with E-state index in [-0.39, 0.29) is 17.9 Å². The molecule has 0 aromatic heterocycles. The van der Waals surface area contributed by atoms with Crippen molar-refractivity contribution in [2.24, 2.45) is 5.41 Å². The summed E-state index contributed by atoms with van der Waals surface area (Å²) in [5.74, 6) is 5.87. The van der Waals surface area contributed by atoms with Gasteiger partial charge in [0.05, 0.1) is 12.3 Å². The van der Waals surface area contributed by atoms with Crippen LogP contribution in [0.25, 0.3) is 0 Å². The van der Waals surface area contributed by atoms with Crippen LogP contribution in [0.4, 0.5) is 5.69 Å². The van der Waals surface area contributed by atoms with Crippen molar-refractivity contribution in [3.8, 4) is 11.8 Å². The Morgan fingerprint density at radius 2 is 2.14 bits per heavy atom. The summed E-state index contributed by atoms with van der Waals surface area (Å²) in [6.45, 7) is 2.04. The van der Waals surface area contributed by atoms with E-state index in [1.54, 1.807) is 18.2 Å². The number of aliphatic hydroxyl groups excluding tert-OH is 1. The topological polar surface area (TPSA) is 49.3 Å². The number of carbonyl (C=O) groups is 1. The van der Waals surface area contributed by atoms with E-state index in [1.165, 1.54) is 0 Å². The van der Waals surface area contributed by atoms with E-state index in [2.05, 4.69) is 17.2 Å². The number of carbonyl (C=O) groups excluding carboxylic acids is 1. The summed E-state index contributed by atoms with van der Waals surface area (Å²) in [7, 11) is 0. The number of nitrogens with one attached hydrogen (secondary N) is 1. The van der Waals surface area contributed by atoms with E-state index in [1.807, 2.05) is 6.92 Å². The molecule has 2 rings (SSSR count). The molecule has 3 nitrogen and oxygen atoms in total. The third kappa shape index (κ3) is 4.00. The van der Waals surface area contributed by atoms with Gasteiger partial charge >= 0.3 is 0 Å². The predicted octanol–water partition coefficient (Wildman–Crippen LogP) is 3.59. The Morgan fingerprint density at radius 3 is 2.81 bits per heavy atom. The van der Waals surface area contributed by atoms with E-state index in [0.29, 0.717) is 17.1 Å². The summed E-state index contributed by atoms with van der Waals surface area (Å²) in [4.78, 5) is 12.5. The number of halogens is 1. The summed E-state index contributed by atoms with van der Waals surface area (Å²) >= 11 is 6.02. The van der Waals surface area contributed by atoms with E-state index < -0.39 is 0 Å². The Kier molecular flexibility index (Phi) is 5.27. The number of rotatable bonds is 3. The van der Waals surface area contributed by atoms with Gasteiger partial charge in [-0.1, -0.05) is 43.2 Å². The molecule has 0 atom stereocenters. The standard InChI is InChI=1S/C17H20ClNO2/c1-17(9-3-4-10-17)16(21)19-15-12-14(18)8-7-13(15)6-2-5-11-20/h7-8,12,20H,3-5,9-11H2,1H3,(H,19,21). The highest BCUT2D eigenvalue weighted by atomic mass is 35.5. The van der Waals surface area contributed by atoms with Gasteiger partial charge in [0, 0.05) is 22.4 Å². The largest absolute Gasteiger partial charge is 0.395 e. The molecule has 1 aromatic rings. The van der Waals surface area contributed by atoms with Crippen molar-refractivity contribution in [2.45, 2.75) is 39.0 Å². The first-order valence-electron chi connectivity index (χ1n) is 7.26. The maximum Gasteiger partial charge on any atom is 0.230 e. The van der Waals surface area contributed by atoms with Crippen LogP contribution < -0.4 is 5.32 Å². The smallest absolute Gasteiger partial charge is 0.230 e. The van der Waals surface area contributed by atoms with Crippen LogP contribution in [0, 0.1) is 17.3 Å². The highest BCUT2D eigenvalue weighted by Crippen LogP contribution is 2.38. The van der Waals surface area contributed by atoms with Gasteiger partial charge in [-0.05, 0) is 31.0 Å². The molecular formula is C17H20ClNO2. The van der Waals surface area contributed by atoms with Crippen LogP contribution in [-0.2, 0) is 4.79 Å². The minimum atomic E-state index is -0.294. The zero-order chi connectivity index (χ0) is 15.3. The molecule has 1 amide bonds. The molecule has 0 unspecified atom stereocenters. The number of hydrogen-bond acceptors (Lipinski definition) is 2. The van der Waals surface area contributed by atoms with E-state index in [4.69, 9.17) is 16.7 Å². The molecule has 112 valence electrons. The first-order chi connectivity index (χ1) is 10.0. The normalized spacial score (nSPS) is 16.1. The maximum atomic E-state index is 12.5. The Balaban J connectivity index is 2.20. The van der Waals surface area contributed by atoms with Gasteiger partial charge in [0.1, 0.15) is 0 Å². The van der Waals surface area contributed by atoms with Crippen molar-refractivity contribution in [2.75, 3.05) is 11.9 Å². The van der Waals surface area contributed by atoms with Crippen LogP contribution in [0.1, 0.15) is 44.6 Å². The SMILES string of the molecule is CC1(C(=O)Nc2cc(Cl)ccc2C#CCCO)CCCC1. The second-order valence-corrected chi connectivity index (χ2v) is 6.12. The Bertz CT molecular complexity index is 580. The molecule has 1 aliphatic carbocycles. The zero-order valence-corrected chi connectivity index (χ0v) is 13.0. The van der Waals surface area contributed by atoms with Gasteiger partial charge in [0.25, 0.3) is 0 Å². The lowest BCUT2D eigenvalue weighted by atomic mass is 9.87. The molecule has 0 aliphatic heterocycles. The lowest BCUT2D eigenvalue weighted by Crippen LogP contribution is -2.31. The monoisotopic (exact) mass is 305 g/mol. The molecule has 2 N–H and O–H groups in total. The van der Waals surface area contributed by atoms with Gasteiger partial charge in [-0.15, -0.1) is 0 Å². The molecule has 1 aliphatic rings. The fourth-order valence-corrected chi connectivity index (χ4v) is 2.77. The van der Waals surface area contributed by atoms with Crippen molar-refractivity contribution in [1.29, 1.82) is 0 Å². The van der Waals surface area contributed by atoms with Crippen molar-refractivity contribution in [3.05, 3.63) is 28.8 Å². The number of anilines is 1. The number of amides is 1. The van der Waals surface area contributed by atoms with Gasteiger partial charge in [0.15, 0.2) is 0 Å². The summed E-state index contributed by atoms with van der Waals surface area (Å²) in [5, 5.41) is 12.3. The molecular weight excluding hydrogens is 286 g/mol. The van der Waals surface area contributed by atoms with E-state index in [0.717, 1.165) is 31.2 Å². The van der Waals surface area contributed by atoms with Gasteiger partial charge < -0.3 is 10.4 Å². The fraction of sp³-hybridized carbons (Fsp3) is 0.471. The van der Waals surface area contributed by atoms with Crippen LogP contribution in [0.2, 0.25) is 5.02 Å². The molecule has 1 saturated carbocycles. The molecule has 0 saturated heterocycles. The third-order valence-electron chi connectivity index (χ3n) is 3.94. The molecule has 0 radical (unpaired) electrons. The van der Waals surface area contributed by atoms with Gasteiger partial charge in [-0.3, -0.25) is 4.79 Å². The van der Waals surface area contributed by atoms with Gasteiger partial charge in [0.2, 0.25) is 5.91 Å². The summed E-state index contributed by atoms with van der Waals surface area (Å²) in [6.07, 6.45) is 4.45. The molecule has 4 heteroatoms. The Hall–Kier alpha value is -1.50. The maximum absolute atomic E-state index is 12.5. The lowest BCUT2D eigenvalue weighted by molar-refractivity contribution is -0.124. The molecule has 21 heavy (non-hydrogen) atoms. The average Bonchev–Trinajstić information content (AvgIpc) is 2.90. The molecule has 0 spiro atoms. The van der Waals surface area contributed by atoms with Crippen LogP contribution in [0.3, 0.4) is 0 Å². The van der Waals surface area contributed by atoms with Crippen molar-refractivity contribution in [3.63, 3.8) is 0 Å². The first kappa shape index (κ1) is 15.9. The molecule has 1 fully saturated rings. The van der Waals surface area contributed by atoms with Gasteiger partial charge in [-0.25, -0.2) is 0 Å². The Labute approximate surface area is 130 Å². The highest BCUT2D eigenvalue weighted by Gasteiger charge is 2.36. The van der Waals surface area contributed by atoms with Crippen molar-refractivity contribution in [1.82, 2.24) is 0 Å². The van der Waals surface area contributed by atoms with Gasteiger partial charge in [-0.2, -0.15) is 0 Å². The Morgan fingerprint density at radius 1 is 1.43 bits per heavy atom.